The third-order valence-corrected chi connectivity index (χ3v) is 26.6. The van der Waals surface area contributed by atoms with E-state index in [1.54, 1.807) is 128 Å². The Morgan fingerprint density at radius 2 is 1.08 bits per heavy atom. The second kappa shape index (κ2) is 66.1. The molecule has 1 aromatic heterocycles. The molecule has 0 fully saturated rings. The number of hydrogen-bond acceptors (Lipinski definition) is 35. The van der Waals surface area contributed by atoms with Crippen LogP contribution in [0.15, 0.2) is 97.2 Å². The first kappa shape index (κ1) is 129. The average molecular weight is 2100 g/mol. The number of carbonyl (C=O) groups is 20. The van der Waals surface area contributed by atoms with Crippen LogP contribution in [0.5, 0.6) is 5.75 Å². The van der Waals surface area contributed by atoms with Gasteiger partial charge >= 0.3 is 5.97 Å². The SMILES string of the molecule is CC(=O)N[C@@H](CC(C)C)C(=O)N[C@H](C(=O)C(=O)[C@H](Cc1ccccc1)NN[C@]1(C)CCCCCCC=CCCC[C@@](C)(C(=O)CN[C@@H](C)C(=O)CCN[C@@H](C)C(=O)CCN[C@@H](C)C(=O)CCN[C@@H](C)C(=O)CCC(=O)[C@H](C)NCN(C)CC(N)=O)NC(=O)[C@H](CC(C)C)NN[C@@H](CCC(N)=O)C(=O)CN[C@@H](C)C(=O)CC(=O)[C@H](Cc2c[nH]c3ccccc23)NN[C@@H](Cc2ccc(O)cc2)C(=O)N[C@@H](CCC(=O)O)C(=O)C1=O)[C@@H](C)O. The van der Waals surface area contributed by atoms with Crippen molar-refractivity contribution in [2.24, 2.45) is 23.3 Å². The van der Waals surface area contributed by atoms with Gasteiger partial charge in [0.2, 0.25) is 58.6 Å². The highest BCUT2D eigenvalue weighted by Gasteiger charge is 2.45. The predicted molar refractivity (Wildman–Crippen MR) is 564 cm³/mol. The summed E-state index contributed by atoms with van der Waals surface area (Å²) >= 11 is 0. The van der Waals surface area contributed by atoms with Crippen LogP contribution in [0.2, 0.25) is 0 Å². The van der Waals surface area contributed by atoms with Gasteiger partial charge in [0.25, 0.3) is 0 Å². The maximum absolute atomic E-state index is 15.7. The molecule has 43 heteroatoms. The lowest BCUT2D eigenvalue weighted by Crippen LogP contribution is -2.65. The number of carboxylic acid groups (broad SMARTS) is 1. The highest BCUT2D eigenvalue weighted by Crippen LogP contribution is 2.26. The van der Waals surface area contributed by atoms with Crippen LogP contribution in [0.4, 0.5) is 0 Å². The molecule has 0 bridgehead atoms. The van der Waals surface area contributed by atoms with Gasteiger partial charge in [-0.15, -0.1) is 0 Å². The molecule has 4 aromatic rings. The molecule has 830 valence electrons. The number of phenols is 1. The number of ketones is 13. The number of aromatic amines is 1. The highest BCUT2D eigenvalue weighted by molar-refractivity contribution is 6.43. The van der Waals surface area contributed by atoms with Crippen LogP contribution in [0.1, 0.15) is 248 Å². The minimum atomic E-state index is -2.09. The van der Waals surface area contributed by atoms with Gasteiger partial charge in [-0.1, -0.05) is 120 Å². The van der Waals surface area contributed by atoms with E-state index >= 15 is 19.2 Å². The number of carbonyl (C=O) groups excluding carboxylic acids is 19. The van der Waals surface area contributed by atoms with Gasteiger partial charge in [0.1, 0.15) is 41.5 Å². The number of aliphatic hydroxyl groups is 1. The van der Waals surface area contributed by atoms with Crippen molar-refractivity contribution < 1.29 is 111 Å². The summed E-state index contributed by atoms with van der Waals surface area (Å²) < 4.78 is 0. The number of aromatic hydroxyl groups is 1. The van der Waals surface area contributed by atoms with Gasteiger partial charge in [-0.25, -0.2) is 32.6 Å². The Morgan fingerprint density at radius 3 is 1.65 bits per heavy atom. The van der Waals surface area contributed by atoms with E-state index in [2.05, 4.69) is 90.7 Å². The molecule has 0 radical (unpaired) electrons. The molecule has 0 unspecified atom stereocenters. The first-order valence-electron chi connectivity index (χ1n) is 52.1. The van der Waals surface area contributed by atoms with Crippen molar-refractivity contribution >= 4 is 127 Å². The van der Waals surface area contributed by atoms with Crippen molar-refractivity contribution in [3.05, 3.63) is 114 Å². The molecule has 0 saturated heterocycles. The monoisotopic (exact) mass is 2100 g/mol. The normalized spacial score (nSPS) is 21.3. The zero-order valence-corrected chi connectivity index (χ0v) is 89.6. The summed E-state index contributed by atoms with van der Waals surface area (Å²) in [5, 5.41) is 61.2. The number of H-pyrrole nitrogens is 1. The summed E-state index contributed by atoms with van der Waals surface area (Å²) in [4.78, 5) is 283. The molecule has 5 rings (SSSR count). The number of nitrogens with one attached hydrogen (secondary N) is 17. The summed E-state index contributed by atoms with van der Waals surface area (Å²) in [5.74, 6) is -15.0. The number of hydrogen-bond donors (Lipinski definition) is 22. The van der Waals surface area contributed by atoms with Gasteiger partial charge in [0, 0.05) is 95.3 Å². The van der Waals surface area contributed by atoms with Crippen LogP contribution in [0.3, 0.4) is 0 Å². The molecule has 24 N–H and O–H groups in total. The van der Waals surface area contributed by atoms with Crippen LogP contribution >= 0.6 is 0 Å². The zero-order chi connectivity index (χ0) is 112. The molecule has 1 aliphatic rings. The van der Waals surface area contributed by atoms with Crippen molar-refractivity contribution in [3.8, 4) is 5.75 Å². The molecule has 0 spiro atoms. The fraction of sp³-hybridized carbons (Fsp3) is 0.607. The Hall–Kier alpha value is -11.8. The number of benzene rings is 3. The van der Waals surface area contributed by atoms with Crippen LogP contribution < -0.4 is 97.2 Å². The number of rotatable bonds is 55. The topological polar surface area (TPSA) is 666 Å². The van der Waals surface area contributed by atoms with Crippen molar-refractivity contribution in [1.29, 1.82) is 0 Å². The number of aliphatic hydroxyl groups excluding tert-OH is 1. The number of hydrazine groups is 3. The molecule has 3 aromatic carbocycles. The number of aliphatic carboxylic acids is 1. The Morgan fingerprint density at radius 1 is 0.533 bits per heavy atom. The highest BCUT2D eigenvalue weighted by atomic mass is 16.4. The summed E-state index contributed by atoms with van der Waals surface area (Å²) in [7, 11) is 1.67. The van der Waals surface area contributed by atoms with Crippen molar-refractivity contribution in [2.75, 3.05) is 53.0 Å². The van der Waals surface area contributed by atoms with E-state index in [-0.39, 0.29) is 176 Å². The number of likely N-dealkylation sites (N-methyl/N-ethyl adjacent to an activating group) is 1. The van der Waals surface area contributed by atoms with E-state index in [0.29, 0.717) is 66.1 Å². The number of carboxylic acids is 1. The molecule has 1 aliphatic heterocycles. The lowest BCUT2D eigenvalue weighted by atomic mass is 9.85. The van der Waals surface area contributed by atoms with Gasteiger partial charge in [-0.05, 0) is 200 Å². The fourth-order valence-corrected chi connectivity index (χ4v) is 16.9. The molecule has 6 amide bonds. The molecule has 43 nitrogen and oxygen atoms in total. The Bertz CT molecular complexity index is 5210. The van der Waals surface area contributed by atoms with Crippen LogP contribution in [0, 0.1) is 11.8 Å². The smallest absolute Gasteiger partial charge is 0.303 e. The van der Waals surface area contributed by atoms with Crippen molar-refractivity contribution in [3.63, 3.8) is 0 Å². The fourth-order valence-electron chi connectivity index (χ4n) is 16.9. The zero-order valence-electron chi connectivity index (χ0n) is 89.6. The number of primary amides is 2. The molecular weight excluding hydrogens is 1930 g/mol. The van der Waals surface area contributed by atoms with Crippen LogP contribution in [0.25, 0.3) is 10.9 Å². The summed E-state index contributed by atoms with van der Waals surface area (Å²) in [5.41, 5.74) is 26.9. The largest absolute Gasteiger partial charge is 0.508 e. The number of allylic oxidation sites excluding steroid dienone is 2. The molecule has 0 aliphatic carbocycles. The minimum absolute atomic E-state index is 0.00388. The Labute approximate surface area is 878 Å². The third kappa shape index (κ3) is 46.6. The second-order valence-electron chi connectivity index (χ2n) is 40.7. The van der Waals surface area contributed by atoms with Crippen molar-refractivity contribution in [1.82, 2.24) is 95.6 Å². The summed E-state index contributed by atoms with van der Waals surface area (Å²) in [6.07, 6.45) is 3.36. The Kier molecular flexibility index (Phi) is 56.7. The van der Waals surface area contributed by atoms with Gasteiger partial charge < -0.3 is 79.6 Å². The third-order valence-electron chi connectivity index (χ3n) is 26.6. The maximum Gasteiger partial charge on any atom is 0.303 e. The molecule has 17 atom stereocenters. The molecule has 150 heavy (non-hydrogen) atoms. The lowest BCUT2D eigenvalue weighted by Gasteiger charge is -2.33. The predicted octanol–water partition coefficient (Wildman–Crippen LogP) is 1.80. The quantitative estimate of drug-likeness (QED) is 0.00985. The number of fused-ring (bicyclic) bond motifs is 1. The first-order valence-corrected chi connectivity index (χ1v) is 52.1. The number of para-hydroxylation sites is 1. The number of aromatic nitrogens is 1. The van der Waals surface area contributed by atoms with Gasteiger partial charge in [-0.2, -0.15) is 0 Å². The summed E-state index contributed by atoms with van der Waals surface area (Å²) in [6.45, 7) is 21.9. The number of nitrogens with two attached hydrogens (primary N) is 2. The standard InChI is InChI=1S/C107H164N20O23/c1-63(2)52-83(117-72(12)129)103(148)119-98(71(11)128)101(146)99(144)82(54-73-30-24-23-25-31-73)125-126-107(14)48-29-22-20-18-16-17-19-21-28-47-106(13,94(139)60-114-68(8)90(135)46-51-112-67(7)89(134)45-50-111-66(6)88(133)44-49-110-65(5)86(131)40-41-87(132)69(9)116-62-127(15)61-96(109)141)120-105(150)84(53-64(3)4)123-121-79(38-42-95(108)140)93(138)59-113-70(10)91(136)57-92(137)81(56-75-58-115-78-33-27-26-32-77(75)78)122-124-85(55-74-34-36-76(130)37-35-74)104(149)118-80(39-43-97(142)143)100(145)102(107)147/h17,19,23-27,30-37,58,63-71,79-85,98,110-116,121-126,128,130H,16,18,20-22,28-29,38-57,59-62H2,1-15H3,(H2,108,140)(H2,109,141)(H,117,129)(H,118,149)(H,119,148)(H,120,150)(H,142,143)/t65-,66-,67-,68-,69-,70-,71+,79-,80-,81-,82-,83-,84-,85-,98-,106-,107+/m0/s1. The molecule has 2 heterocycles. The average Bonchev–Trinajstić information content (AvgIpc) is 0.880. The summed E-state index contributed by atoms with van der Waals surface area (Å²) in [6, 6.07) is 4.54. The Balaban J connectivity index is 1.45. The number of amides is 6. The van der Waals surface area contributed by atoms with E-state index in [1.165, 1.54) is 52.0 Å². The second-order valence-corrected chi connectivity index (χ2v) is 40.7. The van der Waals surface area contributed by atoms with Crippen LogP contribution in [-0.4, -0.2) is 297 Å². The van der Waals surface area contributed by atoms with E-state index < -0.39 is 222 Å². The first-order chi connectivity index (χ1) is 70.8. The number of nitrogens with zero attached hydrogens (tertiary/aromatic N) is 1. The molecule has 0 saturated carbocycles. The minimum Gasteiger partial charge on any atom is -0.508 e. The number of phenolic OH excluding ortho intramolecular Hbond substituents is 1. The van der Waals surface area contributed by atoms with Gasteiger partial charge in [-0.3, -0.25) is 106 Å². The van der Waals surface area contributed by atoms with E-state index in [1.807, 2.05) is 26.0 Å². The number of Topliss-reactive ketones (excluding diaryl/α,β-unsaturated/α-hetero) is 13. The maximum atomic E-state index is 15.7. The lowest BCUT2D eigenvalue weighted by molar-refractivity contribution is -0.144. The van der Waals surface area contributed by atoms with Crippen LogP contribution in [-0.2, 0) is 115 Å². The van der Waals surface area contributed by atoms with Crippen molar-refractivity contribution in [2.45, 2.75) is 353 Å². The van der Waals surface area contributed by atoms with Gasteiger partial charge in [0.15, 0.2) is 40.5 Å². The van der Waals surface area contributed by atoms with E-state index in [9.17, 15) is 92.0 Å². The van der Waals surface area contributed by atoms with E-state index in [4.69, 9.17) is 11.5 Å². The molecular formula is C107H164N20O23. The van der Waals surface area contributed by atoms with E-state index in [0.717, 1.165) is 0 Å². The van der Waals surface area contributed by atoms with Gasteiger partial charge in [0.05, 0.1) is 104 Å².